The van der Waals surface area contributed by atoms with E-state index in [2.05, 4.69) is 10.6 Å². The van der Waals surface area contributed by atoms with E-state index in [4.69, 9.17) is 21.1 Å². The molecule has 1 aromatic carbocycles. The molecule has 25 heavy (non-hydrogen) atoms. The summed E-state index contributed by atoms with van der Waals surface area (Å²) in [7, 11) is 1.65. The molecule has 1 aliphatic heterocycles. The molecular formula is C18H28Cl2N2O3. The second kappa shape index (κ2) is 10.9. The van der Waals surface area contributed by atoms with Crippen LogP contribution in [0.4, 0.5) is 0 Å². The Labute approximate surface area is 161 Å². The first-order valence-electron chi connectivity index (χ1n) is 8.44. The molecule has 0 aromatic heterocycles. The molecule has 0 spiro atoms. The maximum Gasteiger partial charge on any atom is 0.228 e. The van der Waals surface area contributed by atoms with E-state index in [-0.39, 0.29) is 18.3 Å². The minimum atomic E-state index is -0.395. The number of benzene rings is 1. The lowest BCUT2D eigenvalue weighted by molar-refractivity contribution is -0.136. The Morgan fingerprint density at radius 1 is 1.36 bits per heavy atom. The van der Waals surface area contributed by atoms with E-state index in [1.54, 1.807) is 7.11 Å². The van der Waals surface area contributed by atoms with Gasteiger partial charge < -0.3 is 20.1 Å². The van der Waals surface area contributed by atoms with E-state index in [1.165, 1.54) is 0 Å². The van der Waals surface area contributed by atoms with Gasteiger partial charge in [0.25, 0.3) is 0 Å². The minimum absolute atomic E-state index is 0. The third-order valence-corrected chi connectivity index (χ3v) is 4.70. The Kier molecular flexibility index (Phi) is 9.57. The Bertz CT molecular complexity index is 544. The van der Waals surface area contributed by atoms with Crippen LogP contribution < -0.4 is 15.4 Å². The highest BCUT2D eigenvalue weighted by molar-refractivity contribution is 6.30. The number of ether oxygens (including phenoxy) is 2. The number of hydrogen-bond donors (Lipinski definition) is 2. The molecule has 2 rings (SSSR count). The van der Waals surface area contributed by atoms with Gasteiger partial charge in [-0.15, -0.1) is 12.4 Å². The molecule has 0 unspecified atom stereocenters. The largest absolute Gasteiger partial charge is 0.493 e. The zero-order valence-electron chi connectivity index (χ0n) is 14.9. The van der Waals surface area contributed by atoms with Crippen molar-refractivity contribution in [1.29, 1.82) is 0 Å². The molecule has 1 fully saturated rings. The summed E-state index contributed by atoms with van der Waals surface area (Å²) in [5.74, 6) is 0.924. The number of carbonyl (C=O) groups is 1. The minimum Gasteiger partial charge on any atom is -0.493 e. The number of hydrogen-bond acceptors (Lipinski definition) is 4. The zero-order valence-corrected chi connectivity index (χ0v) is 16.5. The van der Waals surface area contributed by atoms with E-state index in [9.17, 15) is 4.79 Å². The Morgan fingerprint density at radius 3 is 2.72 bits per heavy atom. The first-order valence-corrected chi connectivity index (χ1v) is 8.82. The highest BCUT2D eigenvalue weighted by Gasteiger charge is 2.39. The van der Waals surface area contributed by atoms with Crippen LogP contribution in [-0.2, 0) is 9.53 Å². The van der Waals surface area contributed by atoms with E-state index in [1.807, 2.05) is 25.1 Å². The normalized spacial score (nSPS) is 16.0. The van der Waals surface area contributed by atoms with Crippen molar-refractivity contribution in [3.05, 3.63) is 28.8 Å². The van der Waals surface area contributed by atoms with Gasteiger partial charge in [-0.3, -0.25) is 4.79 Å². The molecule has 1 aliphatic rings. The van der Waals surface area contributed by atoms with Crippen LogP contribution in [0.3, 0.4) is 0 Å². The SMILES string of the molecule is COCC1(C(=O)NCCCOc2ccc(Cl)cc2C)CCNCC1.Cl. The van der Waals surface area contributed by atoms with Crippen LogP contribution in [0.5, 0.6) is 5.75 Å². The number of piperidine rings is 1. The predicted octanol–water partition coefficient (Wildman–Crippen LogP) is 2.97. The highest BCUT2D eigenvalue weighted by atomic mass is 35.5. The Hall–Kier alpha value is -1.01. The Balaban J connectivity index is 0.00000312. The first kappa shape index (κ1) is 22.0. The van der Waals surface area contributed by atoms with Crippen LogP contribution in [0.25, 0.3) is 0 Å². The summed E-state index contributed by atoms with van der Waals surface area (Å²) in [5, 5.41) is 7.04. The highest BCUT2D eigenvalue weighted by Crippen LogP contribution is 2.29. The molecule has 1 heterocycles. The lowest BCUT2D eigenvalue weighted by Crippen LogP contribution is -2.50. The predicted molar refractivity (Wildman–Crippen MR) is 103 cm³/mol. The van der Waals surface area contributed by atoms with Crippen LogP contribution in [0.2, 0.25) is 5.02 Å². The monoisotopic (exact) mass is 390 g/mol. The van der Waals surface area contributed by atoms with Crippen molar-refractivity contribution in [2.45, 2.75) is 26.2 Å². The summed E-state index contributed by atoms with van der Waals surface area (Å²) in [4.78, 5) is 12.6. The van der Waals surface area contributed by atoms with Gasteiger partial charge in [0.2, 0.25) is 5.91 Å². The number of aryl methyl sites for hydroxylation is 1. The van der Waals surface area contributed by atoms with E-state index in [0.29, 0.717) is 24.8 Å². The summed E-state index contributed by atoms with van der Waals surface area (Å²) in [5.41, 5.74) is 0.619. The molecule has 0 bridgehead atoms. The van der Waals surface area contributed by atoms with Gasteiger partial charge in [-0.05, 0) is 63.0 Å². The fourth-order valence-electron chi connectivity index (χ4n) is 3.04. The second-order valence-corrected chi connectivity index (χ2v) is 6.77. The van der Waals surface area contributed by atoms with Crippen LogP contribution in [0.15, 0.2) is 18.2 Å². The summed E-state index contributed by atoms with van der Waals surface area (Å²) in [6.45, 7) is 5.31. The van der Waals surface area contributed by atoms with Gasteiger partial charge in [0.15, 0.2) is 0 Å². The van der Waals surface area contributed by atoms with Crippen LogP contribution >= 0.6 is 24.0 Å². The number of amides is 1. The third-order valence-electron chi connectivity index (χ3n) is 4.46. The number of methoxy groups -OCH3 is 1. The lowest BCUT2D eigenvalue weighted by Gasteiger charge is -2.35. The van der Waals surface area contributed by atoms with Gasteiger partial charge in [-0.1, -0.05) is 11.6 Å². The molecule has 7 heteroatoms. The maximum absolute atomic E-state index is 12.6. The van der Waals surface area contributed by atoms with E-state index >= 15 is 0 Å². The first-order chi connectivity index (χ1) is 11.6. The molecule has 0 atom stereocenters. The molecule has 1 saturated heterocycles. The van der Waals surface area contributed by atoms with Gasteiger partial charge in [0, 0.05) is 18.7 Å². The van der Waals surface area contributed by atoms with Gasteiger partial charge >= 0.3 is 0 Å². The number of carbonyl (C=O) groups excluding carboxylic acids is 1. The zero-order chi connectivity index (χ0) is 17.4. The molecule has 0 aliphatic carbocycles. The molecule has 142 valence electrons. The van der Waals surface area contributed by atoms with Crippen molar-refractivity contribution in [2.24, 2.45) is 5.41 Å². The van der Waals surface area contributed by atoms with Gasteiger partial charge in [-0.2, -0.15) is 0 Å². The van der Waals surface area contributed by atoms with E-state index < -0.39 is 5.41 Å². The molecule has 0 saturated carbocycles. The van der Waals surface area contributed by atoms with Crippen LogP contribution in [0, 0.1) is 12.3 Å². The lowest BCUT2D eigenvalue weighted by atomic mass is 9.78. The molecule has 1 aromatic rings. The van der Waals surface area contributed by atoms with Crippen molar-refractivity contribution < 1.29 is 14.3 Å². The second-order valence-electron chi connectivity index (χ2n) is 6.33. The van der Waals surface area contributed by atoms with Crippen LogP contribution in [0.1, 0.15) is 24.8 Å². The third kappa shape index (κ3) is 6.33. The van der Waals surface area contributed by atoms with Crippen molar-refractivity contribution in [3.63, 3.8) is 0 Å². The summed E-state index contributed by atoms with van der Waals surface area (Å²) in [6.07, 6.45) is 2.38. The van der Waals surface area contributed by atoms with Gasteiger partial charge in [0.1, 0.15) is 5.75 Å². The molecule has 1 amide bonds. The topological polar surface area (TPSA) is 59.6 Å². The number of halogens is 2. The van der Waals surface area contributed by atoms with Gasteiger partial charge in [-0.25, -0.2) is 0 Å². The molecule has 5 nitrogen and oxygen atoms in total. The summed E-state index contributed by atoms with van der Waals surface area (Å²) < 4.78 is 11.0. The number of rotatable bonds is 8. The number of nitrogens with one attached hydrogen (secondary N) is 2. The summed E-state index contributed by atoms with van der Waals surface area (Å²) in [6, 6.07) is 5.57. The smallest absolute Gasteiger partial charge is 0.228 e. The van der Waals surface area contributed by atoms with Gasteiger partial charge in [0.05, 0.1) is 18.6 Å². The Morgan fingerprint density at radius 2 is 2.08 bits per heavy atom. The maximum atomic E-state index is 12.6. The average molecular weight is 391 g/mol. The molecular weight excluding hydrogens is 363 g/mol. The van der Waals surface area contributed by atoms with Crippen molar-refractivity contribution in [1.82, 2.24) is 10.6 Å². The van der Waals surface area contributed by atoms with Crippen molar-refractivity contribution in [3.8, 4) is 5.75 Å². The quantitative estimate of drug-likeness (QED) is 0.669. The fraction of sp³-hybridized carbons (Fsp3) is 0.611. The fourth-order valence-corrected chi connectivity index (χ4v) is 3.26. The van der Waals surface area contributed by atoms with E-state index in [0.717, 1.165) is 43.7 Å². The summed E-state index contributed by atoms with van der Waals surface area (Å²) >= 11 is 5.93. The van der Waals surface area contributed by atoms with Crippen LogP contribution in [-0.4, -0.2) is 45.9 Å². The average Bonchev–Trinajstić information content (AvgIpc) is 2.57. The molecule has 0 radical (unpaired) electrons. The standard InChI is InChI=1S/C18H27ClN2O3.ClH/c1-14-12-15(19)4-5-16(14)24-11-3-8-21-17(22)18(13-23-2)6-9-20-10-7-18;/h4-5,12,20H,3,6-11,13H2,1-2H3,(H,21,22);1H. The molecule has 2 N–H and O–H groups in total. The van der Waals surface area contributed by atoms with Crippen molar-refractivity contribution in [2.75, 3.05) is 40.0 Å². The van der Waals surface area contributed by atoms with Crippen molar-refractivity contribution >= 4 is 29.9 Å².